The Morgan fingerprint density at radius 3 is 3.21 bits per heavy atom. The summed E-state index contributed by atoms with van der Waals surface area (Å²) in [7, 11) is 0. The molecule has 5 nitrogen and oxygen atoms in total. The summed E-state index contributed by atoms with van der Waals surface area (Å²) in [5.74, 6) is -0.391. The van der Waals surface area contributed by atoms with Gasteiger partial charge in [-0.1, -0.05) is 0 Å². The van der Waals surface area contributed by atoms with Crippen molar-refractivity contribution in [3.8, 4) is 0 Å². The van der Waals surface area contributed by atoms with Gasteiger partial charge in [-0.15, -0.1) is 0 Å². The molecule has 3 rings (SSSR count). The molecule has 0 atom stereocenters. The summed E-state index contributed by atoms with van der Waals surface area (Å²) < 4.78 is 6.87. The molecule has 19 heavy (non-hydrogen) atoms. The van der Waals surface area contributed by atoms with Gasteiger partial charge in [-0.3, -0.25) is 0 Å². The molecule has 0 fully saturated rings. The normalized spacial score (nSPS) is 10.8. The largest absolute Gasteiger partial charge is 0.457 e. The summed E-state index contributed by atoms with van der Waals surface area (Å²) in [6.45, 7) is 2.04. The summed E-state index contributed by atoms with van der Waals surface area (Å²) >= 11 is 1.57. The molecule has 0 N–H and O–H groups in total. The fourth-order valence-electron chi connectivity index (χ4n) is 1.83. The molecule has 0 aromatic carbocycles. The lowest BCUT2D eigenvalue weighted by molar-refractivity contribution is 0.0474. The molecule has 96 valence electrons. The Morgan fingerprint density at radius 2 is 2.42 bits per heavy atom. The van der Waals surface area contributed by atoms with Crippen LogP contribution in [0.3, 0.4) is 0 Å². The van der Waals surface area contributed by atoms with Gasteiger partial charge in [-0.05, 0) is 29.8 Å². The molecule has 3 aromatic heterocycles. The van der Waals surface area contributed by atoms with E-state index in [0.29, 0.717) is 16.9 Å². The van der Waals surface area contributed by atoms with Crippen LogP contribution in [0.15, 0.2) is 35.3 Å². The lowest BCUT2D eigenvalue weighted by Gasteiger charge is -2.02. The quantitative estimate of drug-likeness (QED) is 0.688. The minimum atomic E-state index is -0.391. The number of aryl methyl sites for hydroxylation is 1. The molecule has 0 radical (unpaired) electrons. The lowest BCUT2D eigenvalue weighted by Crippen LogP contribution is -2.06. The lowest BCUT2D eigenvalue weighted by atomic mass is 10.2. The molecule has 0 spiro atoms. The summed E-state index contributed by atoms with van der Waals surface area (Å²) in [6.07, 6.45) is 3.39. The van der Waals surface area contributed by atoms with Crippen LogP contribution in [0, 0.1) is 6.92 Å². The highest BCUT2D eigenvalue weighted by Gasteiger charge is 2.19. The third-order valence-electron chi connectivity index (χ3n) is 2.72. The predicted octanol–water partition coefficient (Wildman–Crippen LogP) is 2.46. The summed E-state index contributed by atoms with van der Waals surface area (Å²) in [5, 5.41) is 8.14. The molecule has 0 aliphatic carbocycles. The van der Waals surface area contributed by atoms with Crippen molar-refractivity contribution in [3.63, 3.8) is 0 Å². The molecule has 6 heteroatoms. The Balaban J connectivity index is 1.87. The van der Waals surface area contributed by atoms with Crippen LogP contribution in [0.2, 0.25) is 0 Å². The maximum absolute atomic E-state index is 12.1. The number of carbonyl (C=O) groups is 1. The van der Waals surface area contributed by atoms with E-state index in [2.05, 4.69) is 10.1 Å². The molecule has 0 unspecified atom stereocenters. The topological polar surface area (TPSA) is 56.5 Å². The SMILES string of the molecule is Cc1nn2cccnc2c1C(=O)OCc1ccsc1. The van der Waals surface area contributed by atoms with Gasteiger partial charge >= 0.3 is 5.97 Å². The molecular weight excluding hydrogens is 262 g/mol. The van der Waals surface area contributed by atoms with Gasteiger partial charge in [0.1, 0.15) is 12.2 Å². The smallest absolute Gasteiger partial charge is 0.344 e. The molecule has 0 saturated carbocycles. The number of hydrogen-bond acceptors (Lipinski definition) is 5. The second kappa shape index (κ2) is 4.81. The summed E-state index contributed by atoms with van der Waals surface area (Å²) in [4.78, 5) is 16.3. The molecule has 0 amide bonds. The van der Waals surface area contributed by atoms with Crippen molar-refractivity contribution in [2.45, 2.75) is 13.5 Å². The Hall–Kier alpha value is -2.21. The number of fused-ring (bicyclic) bond motifs is 1. The Bertz CT molecular complexity index is 719. The fourth-order valence-corrected chi connectivity index (χ4v) is 2.48. The van der Waals surface area contributed by atoms with E-state index in [9.17, 15) is 4.79 Å². The molecule has 3 heterocycles. The summed E-state index contributed by atoms with van der Waals surface area (Å²) in [6, 6.07) is 3.69. The van der Waals surface area contributed by atoms with E-state index >= 15 is 0 Å². The zero-order valence-electron chi connectivity index (χ0n) is 10.2. The van der Waals surface area contributed by atoms with Gasteiger partial charge in [0.05, 0.1) is 5.69 Å². The van der Waals surface area contributed by atoms with Crippen molar-refractivity contribution in [3.05, 3.63) is 52.1 Å². The molecular formula is C13H11N3O2S. The first-order valence-corrected chi connectivity index (χ1v) is 6.68. The second-order valence-corrected chi connectivity index (χ2v) is 4.84. The highest BCUT2D eigenvalue weighted by atomic mass is 32.1. The van der Waals surface area contributed by atoms with Crippen molar-refractivity contribution in [1.29, 1.82) is 0 Å². The molecule has 0 aliphatic rings. The van der Waals surface area contributed by atoms with E-state index in [4.69, 9.17) is 4.74 Å². The van der Waals surface area contributed by atoms with Crippen LogP contribution >= 0.6 is 11.3 Å². The van der Waals surface area contributed by atoms with Crippen LogP contribution in [-0.4, -0.2) is 20.6 Å². The average Bonchev–Trinajstić information content (AvgIpc) is 3.02. The number of thiophene rings is 1. The minimum absolute atomic E-state index is 0.270. The maximum atomic E-state index is 12.1. The molecule has 0 aliphatic heterocycles. The Kier molecular flexibility index (Phi) is 3.00. The molecule has 3 aromatic rings. The number of esters is 1. The molecule has 0 saturated heterocycles. The highest BCUT2D eigenvalue weighted by Crippen LogP contribution is 2.15. The van der Waals surface area contributed by atoms with Crippen LogP contribution in [0.4, 0.5) is 0 Å². The van der Waals surface area contributed by atoms with Gasteiger partial charge in [0.2, 0.25) is 0 Å². The van der Waals surface area contributed by atoms with E-state index < -0.39 is 5.97 Å². The van der Waals surface area contributed by atoms with E-state index in [1.54, 1.807) is 41.2 Å². The molecule has 0 bridgehead atoms. The first kappa shape index (κ1) is 11.9. The van der Waals surface area contributed by atoms with Crippen molar-refractivity contribution in [1.82, 2.24) is 14.6 Å². The first-order chi connectivity index (χ1) is 9.25. The van der Waals surface area contributed by atoms with Gasteiger partial charge < -0.3 is 4.74 Å². The number of carbonyl (C=O) groups excluding carboxylic acids is 1. The van der Waals surface area contributed by atoms with Crippen molar-refractivity contribution in [2.75, 3.05) is 0 Å². The van der Waals surface area contributed by atoms with Crippen molar-refractivity contribution < 1.29 is 9.53 Å². The van der Waals surface area contributed by atoms with Crippen molar-refractivity contribution >= 4 is 23.0 Å². The minimum Gasteiger partial charge on any atom is -0.457 e. The van der Waals surface area contributed by atoms with Crippen molar-refractivity contribution in [2.24, 2.45) is 0 Å². The number of rotatable bonds is 3. The monoisotopic (exact) mass is 273 g/mol. The van der Waals surface area contributed by atoms with Gasteiger partial charge in [-0.25, -0.2) is 14.3 Å². The van der Waals surface area contributed by atoms with Crippen LogP contribution in [-0.2, 0) is 11.3 Å². The van der Waals surface area contributed by atoms with E-state index in [-0.39, 0.29) is 6.61 Å². The van der Waals surface area contributed by atoms with Gasteiger partial charge in [0.15, 0.2) is 5.65 Å². The van der Waals surface area contributed by atoms with E-state index in [1.165, 1.54) is 0 Å². The van der Waals surface area contributed by atoms with Gasteiger partial charge in [-0.2, -0.15) is 16.4 Å². The zero-order valence-corrected chi connectivity index (χ0v) is 11.1. The maximum Gasteiger partial charge on any atom is 0.344 e. The Labute approximate surface area is 113 Å². The number of ether oxygens (including phenoxy) is 1. The van der Waals surface area contributed by atoms with E-state index in [1.807, 2.05) is 16.8 Å². The number of hydrogen-bond donors (Lipinski definition) is 0. The highest BCUT2D eigenvalue weighted by molar-refractivity contribution is 7.07. The van der Waals surface area contributed by atoms with Crippen LogP contribution in [0.5, 0.6) is 0 Å². The van der Waals surface area contributed by atoms with Crippen LogP contribution in [0.25, 0.3) is 5.65 Å². The predicted molar refractivity (Wildman–Crippen MR) is 71.2 cm³/mol. The third kappa shape index (κ3) is 2.22. The summed E-state index contributed by atoms with van der Waals surface area (Å²) in [5.41, 5.74) is 2.56. The number of nitrogens with zero attached hydrogens (tertiary/aromatic N) is 3. The average molecular weight is 273 g/mol. The first-order valence-electron chi connectivity index (χ1n) is 5.74. The van der Waals surface area contributed by atoms with E-state index in [0.717, 1.165) is 5.56 Å². The zero-order chi connectivity index (χ0) is 13.2. The second-order valence-electron chi connectivity index (χ2n) is 4.06. The van der Waals surface area contributed by atoms with Crippen LogP contribution < -0.4 is 0 Å². The van der Waals surface area contributed by atoms with Gasteiger partial charge in [0, 0.05) is 18.0 Å². The fraction of sp³-hybridized carbons (Fsp3) is 0.154. The number of aromatic nitrogens is 3. The van der Waals surface area contributed by atoms with Gasteiger partial charge in [0.25, 0.3) is 0 Å². The third-order valence-corrected chi connectivity index (χ3v) is 3.46. The Morgan fingerprint density at radius 1 is 1.53 bits per heavy atom. The van der Waals surface area contributed by atoms with Crippen LogP contribution in [0.1, 0.15) is 21.6 Å². The standard InChI is InChI=1S/C13H11N3O2S/c1-9-11(12-14-4-2-5-16(12)15-9)13(17)18-7-10-3-6-19-8-10/h2-6,8H,7H2,1H3.